The molecule has 0 aromatic heterocycles. The second-order valence-corrected chi connectivity index (χ2v) is 6.38. The van der Waals surface area contributed by atoms with Gasteiger partial charge < -0.3 is 24.1 Å². The molecule has 0 aliphatic heterocycles. The van der Waals surface area contributed by atoms with Crippen molar-refractivity contribution in [2.75, 3.05) is 40.1 Å². The highest BCUT2D eigenvalue weighted by Gasteiger charge is 2.03. The Morgan fingerprint density at radius 1 is 0.793 bits per heavy atom. The zero-order valence-electron chi connectivity index (χ0n) is 18.5. The predicted octanol–water partition coefficient (Wildman–Crippen LogP) is 3.18. The van der Waals surface area contributed by atoms with Crippen LogP contribution in [0.4, 0.5) is 0 Å². The van der Waals surface area contributed by atoms with E-state index in [-0.39, 0.29) is 24.1 Å². The molecule has 8 nitrogen and oxygen atoms in total. The lowest BCUT2D eigenvalue weighted by atomic mass is 10.2. The second kappa shape index (κ2) is 20.3. The maximum Gasteiger partial charge on any atom is 0.333 e. The molecule has 0 aromatic carbocycles. The smallest absolute Gasteiger partial charge is 0.333 e. The minimum atomic E-state index is -0.935. The first-order chi connectivity index (χ1) is 13.4. The number of methoxy groups -OCH3 is 1. The third kappa shape index (κ3) is 27.9. The average molecular weight is 417 g/mol. The lowest BCUT2D eigenvalue weighted by Crippen LogP contribution is -2.12. The zero-order chi connectivity index (χ0) is 23.4. The Hall–Kier alpha value is -2.45. The maximum atomic E-state index is 10.8. The number of hydrogen-bond donors (Lipinski definition) is 1. The molecule has 0 unspecified atom stereocenters. The molecular formula is C21H36O8. The number of carboxylic acids is 1. The third-order valence-electron chi connectivity index (χ3n) is 2.50. The summed E-state index contributed by atoms with van der Waals surface area (Å²) in [4.78, 5) is 31.2. The van der Waals surface area contributed by atoms with Gasteiger partial charge in [0, 0.05) is 23.8 Å². The van der Waals surface area contributed by atoms with Gasteiger partial charge in [-0.1, -0.05) is 33.6 Å². The van der Waals surface area contributed by atoms with Gasteiger partial charge in [0.15, 0.2) is 0 Å². The van der Waals surface area contributed by atoms with E-state index in [1.54, 1.807) is 21.0 Å². The molecule has 8 heteroatoms. The van der Waals surface area contributed by atoms with Crippen LogP contribution < -0.4 is 0 Å². The van der Waals surface area contributed by atoms with E-state index in [1.807, 2.05) is 13.8 Å². The van der Waals surface area contributed by atoms with Gasteiger partial charge in [0.05, 0.1) is 26.4 Å². The first-order valence-electron chi connectivity index (χ1n) is 8.97. The molecule has 29 heavy (non-hydrogen) atoms. The van der Waals surface area contributed by atoms with Crippen molar-refractivity contribution in [2.45, 2.75) is 34.6 Å². The average Bonchev–Trinajstić information content (AvgIpc) is 2.63. The highest BCUT2D eigenvalue weighted by molar-refractivity contribution is 5.87. The molecule has 0 bridgehead atoms. The molecule has 0 radical (unpaired) electrons. The van der Waals surface area contributed by atoms with Crippen LogP contribution >= 0.6 is 0 Å². The molecule has 0 amide bonds. The summed E-state index contributed by atoms with van der Waals surface area (Å²) in [5.41, 5.74) is 1.03. The fourth-order valence-electron chi connectivity index (χ4n) is 0.926. The van der Waals surface area contributed by atoms with Crippen LogP contribution in [0.1, 0.15) is 34.6 Å². The Morgan fingerprint density at radius 2 is 1.21 bits per heavy atom. The Labute approximate surface area is 174 Å². The van der Waals surface area contributed by atoms with Gasteiger partial charge in [-0.2, -0.15) is 0 Å². The molecule has 0 aromatic rings. The third-order valence-corrected chi connectivity index (χ3v) is 2.50. The van der Waals surface area contributed by atoms with Crippen molar-refractivity contribution in [2.24, 2.45) is 5.92 Å². The van der Waals surface area contributed by atoms with Gasteiger partial charge in [-0.15, -0.1) is 0 Å². The summed E-state index contributed by atoms with van der Waals surface area (Å²) < 4.78 is 19.4. The molecule has 0 saturated carbocycles. The highest BCUT2D eigenvalue weighted by atomic mass is 16.6. The lowest BCUT2D eigenvalue weighted by Gasteiger charge is -2.05. The number of esters is 2. The molecule has 0 spiro atoms. The Kier molecular flexibility index (Phi) is 21.9. The largest absolute Gasteiger partial charge is 0.478 e. The van der Waals surface area contributed by atoms with Crippen molar-refractivity contribution < 1.29 is 38.4 Å². The van der Waals surface area contributed by atoms with E-state index >= 15 is 0 Å². The molecule has 168 valence electrons. The normalized spacial score (nSPS) is 9.21. The zero-order valence-corrected chi connectivity index (χ0v) is 18.5. The number of ether oxygens (including phenoxy) is 4. The number of hydrogen-bond acceptors (Lipinski definition) is 7. The topological polar surface area (TPSA) is 108 Å². The number of carbonyl (C=O) groups excluding carboxylic acids is 2. The Balaban J connectivity index is -0.000000375. The van der Waals surface area contributed by atoms with Crippen molar-refractivity contribution in [3.63, 3.8) is 0 Å². The van der Waals surface area contributed by atoms with E-state index in [4.69, 9.17) is 24.1 Å². The van der Waals surface area contributed by atoms with Crippen LogP contribution in [-0.2, 0) is 33.3 Å². The molecule has 0 rings (SSSR count). The van der Waals surface area contributed by atoms with Crippen LogP contribution in [0.15, 0.2) is 36.5 Å². The summed E-state index contributed by atoms with van der Waals surface area (Å²) in [6.07, 6.45) is 0. The van der Waals surface area contributed by atoms with Crippen LogP contribution in [0, 0.1) is 5.92 Å². The first kappa shape index (κ1) is 31.3. The highest BCUT2D eigenvalue weighted by Crippen LogP contribution is 1.97. The first-order valence-corrected chi connectivity index (χ1v) is 8.97. The standard InChI is InChI=1S/C9H16O4.C8H14O2.C4H6O2/c1-8(2)9(10)13-7-6-12-5-4-11-3;1-6(2)5-10-8(9)7(3)4;1-3(2)4(5)6/h1,4-7H2,2-3H3;6H,3,5H2,1-2,4H3;1H2,2H3,(H,5,6). The van der Waals surface area contributed by atoms with E-state index in [0.717, 1.165) is 0 Å². The Bertz CT molecular complexity index is 523. The number of carboxylic acid groups (broad SMARTS) is 1. The predicted molar refractivity (Wildman–Crippen MR) is 112 cm³/mol. The lowest BCUT2D eigenvalue weighted by molar-refractivity contribution is -0.141. The van der Waals surface area contributed by atoms with Gasteiger partial charge in [-0.25, -0.2) is 14.4 Å². The van der Waals surface area contributed by atoms with Crippen LogP contribution in [0.5, 0.6) is 0 Å². The maximum absolute atomic E-state index is 10.8. The van der Waals surface area contributed by atoms with E-state index in [9.17, 15) is 14.4 Å². The van der Waals surface area contributed by atoms with Crippen LogP contribution in [0.2, 0.25) is 0 Å². The van der Waals surface area contributed by atoms with E-state index in [2.05, 4.69) is 19.7 Å². The minimum absolute atomic E-state index is 0.176. The van der Waals surface area contributed by atoms with Gasteiger partial charge in [0.25, 0.3) is 0 Å². The monoisotopic (exact) mass is 416 g/mol. The van der Waals surface area contributed by atoms with Crippen molar-refractivity contribution in [3.8, 4) is 0 Å². The summed E-state index contributed by atoms with van der Waals surface area (Å²) in [6, 6.07) is 0. The fraction of sp³-hybridized carbons (Fsp3) is 0.571. The summed E-state index contributed by atoms with van der Waals surface area (Å²) in [5, 5.41) is 7.89. The summed E-state index contributed by atoms with van der Waals surface area (Å²) >= 11 is 0. The van der Waals surface area contributed by atoms with Crippen LogP contribution in [0.25, 0.3) is 0 Å². The van der Waals surface area contributed by atoms with Gasteiger partial charge in [-0.05, 0) is 26.7 Å². The quantitative estimate of drug-likeness (QED) is 0.311. The number of rotatable bonds is 11. The Morgan fingerprint density at radius 3 is 1.55 bits per heavy atom. The van der Waals surface area contributed by atoms with Gasteiger partial charge in [-0.3, -0.25) is 0 Å². The van der Waals surface area contributed by atoms with Gasteiger partial charge in [0.2, 0.25) is 0 Å². The summed E-state index contributed by atoms with van der Waals surface area (Å²) in [6.45, 7) is 20.9. The SMILES string of the molecule is C=C(C)C(=O)O.C=C(C)C(=O)OCC(C)C.C=C(C)C(=O)OCCOCCOC. The van der Waals surface area contributed by atoms with E-state index in [0.29, 0.717) is 43.5 Å². The van der Waals surface area contributed by atoms with Gasteiger partial charge >= 0.3 is 17.9 Å². The second-order valence-electron chi connectivity index (χ2n) is 6.38. The van der Waals surface area contributed by atoms with Crippen LogP contribution in [-0.4, -0.2) is 63.2 Å². The fourth-order valence-corrected chi connectivity index (χ4v) is 0.926. The molecule has 0 atom stereocenters. The van der Waals surface area contributed by atoms with Crippen molar-refractivity contribution in [1.29, 1.82) is 0 Å². The van der Waals surface area contributed by atoms with E-state index < -0.39 is 5.97 Å². The van der Waals surface area contributed by atoms with Crippen molar-refractivity contribution >= 4 is 17.9 Å². The van der Waals surface area contributed by atoms with Crippen LogP contribution in [0.3, 0.4) is 0 Å². The number of aliphatic carboxylic acids is 1. The minimum Gasteiger partial charge on any atom is -0.478 e. The molecular weight excluding hydrogens is 380 g/mol. The molecule has 0 fully saturated rings. The van der Waals surface area contributed by atoms with Gasteiger partial charge in [0.1, 0.15) is 6.61 Å². The summed E-state index contributed by atoms with van der Waals surface area (Å²) in [5.74, 6) is -1.22. The molecule has 0 heterocycles. The van der Waals surface area contributed by atoms with E-state index in [1.165, 1.54) is 6.92 Å². The number of carbonyl (C=O) groups is 3. The molecule has 0 aliphatic carbocycles. The summed E-state index contributed by atoms with van der Waals surface area (Å²) in [7, 11) is 1.60. The van der Waals surface area contributed by atoms with Crippen molar-refractivity contribution in [3.05, 3.63) is 36.5 Å². The molecule has 0 aliphatic rings. The molecule has 0 saturated heterocycles. The van der Waals surface area contributed by atoms with Crippen molar-refractivity contribution in [1.82, 2.24) is 0 Å². The molecule has 1 N–H and O–H groups in total.